The van der Waals surface area contributed by atoms with Gasteiger partial charge in [0.1, 0.15) is 0 Å². The molecule has 17 heavy (non-hydrogen) atoms. The summed E-state index contributed by atoms with van der Waals surface area (Å²) in [6.45, 7) is 5.16. The lowest BCUT2D eigenvalue weighted by Crippen LogP contribution is -2.43. The molecule has 0 amide bonds. The summed E-state index contributed by atoms with van der Waals surface area (Å²) in [7, 11) is 0. The smallest absolute Gasteiger partial charge is 0.0233 e. The van der Waals surface area contributed by atoms with E-state index in [1.165, 1.54) is 31.5 Å². The molecule has 0 aromatic heterocycles. The zero-order chi connectivity index (χ0) is 11.9. The summed E-state index contributed by atoms with van der Waals surface area (Å²) in [5.74, 6) is 0. The van der Waals surface area contributed by atoms with E-state index in [2.05, 4.69) is 40.5 Å². The Balaban J connectivity index is 1.72. The van der Waals surface area contributed by atoms with Crippen LogP contribution in [0.25, 0.3) is 0 Å². The molecule has 1 heterocycles. The summed E-state index contributed by atoms with van der Waals surface area (Å²) in [5.41, 5.74) is 6.92. The van der Waals surface area contributed by atoms with E-state index in [0.717, 1.165) is 19.6 Å². The summed E-state index contributed by atoms with van der Waals surface area (Å²) in [4.78, 5) is 2.54. The topological polar surface area (TPSA) is 41.3 Å². The molecule has 1 saturated heterocycles. The zero-order valence-electron chi connectivity index (χ0n) is 10.4. The molecule has 0 unspecified atom stereocenters. The predicted molar refractivity (Wildman–Crippen MR) is 71.8 cm³/mol. The standard InChI is InChI=1S/C14H23N3/c15-8-9-16-14-6-10-17(11-7-14)12-13-4-2-1-3-5-13/h1-5,14,16H,6-12,15H2. The number of nitrogens with one attached hydrogen (secondary N) is 1. The minimum absolute atomic E-state index is 0.672. The van der Waals surface area contributed by atoms with Crippen LogP contribution < -0.4 is 11.1 Å². The van der Waals surface area contributed by atoms with Crippen LogP contribution in [-0.2, 0) is 6.54 Å². The van der Waals surface area contributed by atoms with E-state index in [0.29, 0.717) is 6.04 Å². The maximum absolute atomic E-state index is 5.50. The van der Waals surface area contributed by atoms with Crippen LogP contribution in [-0.4, -0.2) is 37.1 Å². The predicted octanol–water partition coefficient (Wildman–Crippen LogP) is 1.20. The summed E-state index contributed by atoms with van der Waals surface area (Å²) in [5, 5.41) is 3.50. The fourth-order valence-electron chi connectivity index (χ4n) is 2.42. The minimum atomic E-state index is 0.672. The summed E-state index contributed by atoms with van der Waals surface area (Å²) < 4.78 is 0. The average molecular weight is 233 g/mol. The first-order valence-corrected chi connectivity index (χ1v) is 6.58. The van der Waals surface area contributed by atoms with E-state index >= 15 is 0 Å². The van der Waals surface area contributed by atoms with Crippen LogP contribution in [0.1, 0.15) is 18.4 Å². The lowest BCUT2D eigenvalue weighted by Gasteiger charge is -2.32. The number of piperidine rings is 1. The Morgan fingerprint density at radius 3 is 2.53 bits per heavy atom. The van der Waals surface area contributed by atoms with E-state index < -0.39 is 0 Å². The van der Waals surface area contributed by atoms with Crippen molar-refractivity contribution in [2.24, 2.45) is 5.73 Å². The van der Waals surface area contributed by atoms with Gasteiger partial charge in [-0.2, -0.15) is 0 Å². The molecule has 1 aromatic carbocycles. The van der Waals surface area contributed by atoms with E-state index in [9.17, 15) is 0 Å². The van der Waals surface area contributed by atoms with E-state index in [1.54, 1.807) is 0 Å². The Labute approximate surface area is 104 Å². The van der Waals surface area contributed by atoms with Crippen molar-refractivity contribution < 1.29 is 0 Å². The highest BCUT2D eigenvalue weighted by Crippen LogP contribution is 2.13. The lowest BCUT2D eigenvalue weighted by molar-refractivity contribution is 0.191. The normalized spacial score (nSPS) is 18.4. The molecule has 94 valence electrons. The molecule has 3 N–H and O–H groups in total. The van der Waals surface area contributed by atoms with Gasteiger partial charge in [-0.15, -0.1) is 0 Å². The van der Waals surface area contributed by atoms with Crippen LogP contribution >= 0.6 is 0 Å². The van der Waals surface area contributed by atoms with Crippen LogP contribution in [0.5, 0.6) is 0 Å². The van der Waals surface area contributed by atoms with Crippen LogP contribution in [0, 0.1) is 0 Å². The van der Waals surface area contributed by atoms with Crippen LogP contribution in [0.3, 0.4) is 0 Å². The highest BCUT2D eigenvalue weighted by Gasteiger charge is 2.18. The molecular weight excluding hydrogens is 210 g/mol. The number of nitrogens with zero attached hydrogens (tertiary/aromatic N) is 1. The monoisotopic (exact) mass is 233 g/mol. The van der Waals surface area contributed by atoms with Crippen molar-refractivity contribution >= 4 is 0 Å². The van der Waals surface area contributed by atoms with Crippen molar-refractivity contribution in [3.63, 3.8) is 0 Å². The van der Waals surface area contributed by atoms with Gasteiger partial charge >= 0.3 is 0 Å². The zero-order valence-corrected chi connectivity index (χ0v) is 10.4. The molecule has 0 saturated carbocycles. The lowest BCUT2D eigenvalue weighted by atomic mass is 10.0. The molecule has 0 atom stereocenters. The number of hydrogen-bond acceptors (Lipinski definition) is 3. The first kappa shape index (κ1) is 12.6. The molecule has 0 bridgehead atoms. The summed E-state index contributed by atoms with van der Waals surface area (Å²) >= 11 is 0. The SMILES string of the molecule is NCCNC1CCN(Cc2ccccc2)CC1. The first-order chi connectivity index (χ1) is 8.38. The third-order valence-corrected chi connectivity index (χ3v) is 3.41. The number of benzene rings is 1. The average Bonchev–Trinajstić information content (AvgIpc) is 2.39. The van der Waals surface area contributed by atoms with Gasteiger partial charge in [-0.25, -0.2) is 0 Å². The van der Waals surface area contributed by atoms with Crippen molar-refractivity contribution in [1.29, 1.82) is 0 Å². The molecule has 1 aliphatic rings. The van der Waals surface area contributed by atoms with Crippen molar-refractivity contribution in [1.82, 2.24) is 10.2 Å². The van der Waals surface area contributed by atoms with E-state index in [1.807, 2.05) is 0 Å². The minimum Gasteiger partial charge on any atom is -0.329 e. The third-order valence-electron chi connectivity index (χ3n) is 3.41. The second kappa shape index (κ2) is 6.74. The van der Waals surface area contributed by atoms with Crippen molar-refractivity contribution in [3.05, 3.63) is 35.9 Å². The first-order valence-electron chi connectivity index (χ1n) is 6.58. The van der Waals surface area contributed by atoms with Crippen LogP contribution in [0.15, 0.2) is 30.3 Å². The van der Waals surface area contributed by atoms with Gasteiger partial charge in [0.25, 0.3) is 0 Å². The maximum atomic E-state index is 5.50. The molecular formula is C14H23N3. The molecule has 1 aliphatic heterocycles. The van der Waals surface area contributed by atoms with E-state index in [-0.39, 0.29) is 0 Å². The highest BCUT2D eigenvalue weighted by atomic mass is 15.1. The molecule has 1 fully saturated rings. The molecule has 0 aliphatic carbocycles. The Morgan fingerprint density at radius 2 is 1.88 bits per heavy atom. The van der Waals surface area contributed by atoms with Crippen LogP contribution in [0.2, 0.25) is 0 Å². The van der Waals surface area contributed by atoms with Crippen molar-refractivity contribution in [2.75, 3.05) is 26.2 Å². The number of rotatable bonds is 5. The summed E-state index contributed by atoms with van der Waals surface area (Å²) in [6.07, 6.45) is 2.49. The second-order valence-corrected chi connectivity index (χ2v) is 4.78. The van der Waals surface area contributed by atoms with E-state index in [4.69, 9.17) is 5.73 Å². The van der Waals surface area contributed by atoms with Gasteiger partial charge in [0.05, 0.1) is 0 Å². The quantitative estimate of drug-likeness (QED) is 0.803. The summed E-state index contributed by atoms with van der Waals surface area (Å²) in [6, 6.07) is 11.4. The Hall–Kier alpha value is -0.900. The molecule has 0 spiro atoms. The van der Waals surface area contributed by atoms with Gasteiger partial charge in [-0.05, 0) is 31.5 Å². The number of nitrogens with two attached hydrogens (primary N) is 1. The van der Waals surface area contributed by atoms with Gasteiger partial charge in [0.15, 0.2) is 0 Å². The molecule has 3 nitrogen and oxygen atoms in total. The Kier molecular flexibility index (Phi) is 4.98. The Morgan fingerprint density at radius 1 is 1.18 bits per heavy atom. The number of likely N-dealkylation sites (tertiary alicyclic amines) is 1. The van der Waals surface area contributed by atoms with Crippen LogP contribution in [0.4, 0.5) is 0 Å². The molecule has 0 radical (unpaired) electrons. The molecule has 2 rings (SSSR count). The molecule has 3 heteroatoms. The Bertz CT molecular complexity index is 305. The van der Waals surface area contributed by atoms with Crippen molar-refractivity contribution in [2.45, 2.75) is 25.4 Å². The van der Waals surface area contributed by atoms with Gasteiger partial charge in [0, 0.05) is 25.7 Å². The highest BCUT2D eigenvalue weighted by molar-refractivity contribution is 5.14. The fourth-order valence-corrected chi connectivity index (χ4v) is 2.42. The maximum Gasteiger partial charge on any atom is 0.0233 e. The second-order valence-electron chi connectivity index (χ2n) is 4.78. The molecule has 1 aromatic rings. The van der Waals surface area contributed by atoms with Gasteiger partial charge in [0.2, 0.25) is 0 Å². The fraction of sp³-hybridized carbons (Fsp3) is 0.571. The van der Waals surface area contributed by atoms with Gasteiger partial charge in [-0.1, -0.05) is 30.3 Å². The van der Waals surface area contributed by atoms with Gasteiger partial charge < -0.3 is 11.1 Å². The number of hydrogen-bond donors (Lipinski definition) is 2. The van der Waals surface area contributed by atoms with Gasteiger partial charge in [-0.3, -0.25) is 4.90 Å². The third kappa shape index (κ3) is 4.11. The van der Waals surface area contributed by atoms with Crippen molar-refractivity contribution in [3.8, 4) is 0 Å². The largest absolute Gasteiger partial charge is 0.329 e.